The molecule has 0 heterocycles. The highest BCUT2D eigenvalue weighted by Crippen LogP contribution is 2.20. The molecule has 1 aromatic rings. The van der Waals surface area contributed by atoms with Crippen LogP contribution >= 0.6 is 22.6 Å². The molecule has 0 aliphatic heterocycles. The summed E-state index contributed by atoms with van der Waals surface area (Å²) < 4.78 is 13.5. The summed E-state index contributed by atoms with van der Waals surface area (Å²) in [4.78, 5) is 0. The smallest absolute Gasteiger partial charge is 0.124 e. The number of rotatable bonds is 1. The van der Waals surface area contributed by atoms with Crippen LogP contribution in [0.3, 0.4) is 0 Å². The maximum atomic E-state index is 12.8. The van der Waals surface area contributed by atoms with Crippen molar-refractivity contribution in [2.24, 2.45) is 5.73 Å². The van der Waals surface area contributed by atoms with Crippen LogP contribution in [0.25, 0.3) is 5.70 Å². The van der Waals surface area contributed by atoms with Crippen molar-refractivity contribution in [2.45, 2.75) is 6.92 Å². The monoisotopic (exact) mass is 302 g/mol. The van der Waals surface area contributed by atoms with Crippen LogP contribution in [0.4, 0.5) is 4.39 Å². The molecule has 2 nitrogen and oxygen atoms in total. The molecule has 0 atom stereocenters. The molecule has 1 rings (SSSR count). The zero-order chi connectivity index (χ0) is 10.7. The van der Waals surface area contributed by atoms with E-state index in [9.17, 15) is 4.39 Å². The predicted octanol–water partition coefficient (Wildman–Crippen LogP) is 2.64. The fraction of sp³-hybridized carbons (Fsp3) is 0.100. The van der Waals surface area contributed by atoms with Gasteiger partial charge in [-0.2, -0.15) is 5.26 Å². The molecule has 0 amide bonds. The Balaban J connectivity index is 3.29. The molecule has 0 aromatic heterocycles. The molecule has 0 aliphatic carbocycles. The van der Waals surface area contributed by atoms with Crippen molar-refractivity contribution in [3.8, 4) is 6.07 Å². The van der Waals surface area contributed by atoms with Crippen molar-refractivity contribution in [3.05, 3.63) is 38.7 Å². The molecule has 0 aliphatic rings. The molecule has 0 saturated heterocycles. The molecule has 4 heteroatoms. The van der Waals surface area contributed by atoms with Gasteiger partial charge in [-0.05, 0) is 47.7 Å². The van der Waals surface area contributed by atoms with Gasteiger partial charge >= 0.3 is 0 Å². The van der Waals surface area contributed by atoms with E-state index in [1.54, 1.807) is 13.0 Å². The van der Waals surface area contributed by atoms with Gasteiger partial charge in [0.1, 0.15) is 5.82 Å². The normalized spacial score (nSPS) is 11.9. The van der Waals surface area contributed by atoms with Gasteiger partial charge in [0.2, 0.25) is 0 Å². The molecule has 0 radical (unpaired) electrons. The van der Waals surface area contributed by atoms with Crippen LogP contribution in [0.5, 0.6) is 0 Å². The van der Waals surface area contributed by atoms with Crippen LogP contribution < -0.4 is 5.73 Å². The largest absolute Gasteiger partial charge is 0.397 e. The first kappa shape index (κ1) is 11.0. The van der Waals surface area contributed by atoms with E-state index in [-0.39, 0.29) is 5.82 Å². The summed E-state index contributed by atoms with van der Waals surface area (Å²) in [7, 11) is 0. The first-order chi connectivity index (χ1) is 6.56. The van der Waals surface area contributed by atoms with E-state index < -0.39 is 0 Å². The van der Waals surface area contributed by atoms with E-state index in [0.717, 1.165) is 0 Å². The first-order valence-corrected chi connectivity index (χ1v) is 4.96. The number of halogens is 2. The zero-order valence-electron chi connectivity index (χ0n) is 7.51. The van der Waals surface area contributed by atoms with Gasteiger partial charge in [0, 0.05) is 14.7 Å². The number of nitriles is 1. The fourth-order valence-corrected chi connectivity index (χ4v) is 1.74. The van der Waals surface area contributed by atoms with Gasteiger partial charge in [-0.3, -0.25) is 0 Å². The molecule has 1 aromatic carbocycles. The van der Waals surface area contributed by atoms with Crippen LogP contribution in [-0.2, 0) is 0 Å². The molecule has 0 saturated carbocycles. The summed E-state index contributed by atoms with van der Waals surface area (Å²) >= 11 is 1.99. The Morgan fingerprint density at radius 3 is 2.71 bits per heavy atom. The van der Waals surface area contributed by atoms with Gasteiger partial charge in [-0.15, -0.1) is 0 Å². The van der Waals surface area contributed by atoms with Gasteiger partial charge in [0.15, 0.2) is 0 Å². The lowest BCUT2D eigenvalue weighted by molar-refractivity contribution is 0.626. The van der Waals surface area contributed by atoms with Crippen molar-refractivity contribution in [2.75, 3.05) is 0 Å². The van der Waals surface area contributed by atoms with Crippen molar-refractivity contribution in [1.82, 2.24) is 0 Å². The summed E-state index contributed by atoms with van der Waals surface area (Å²) in [6.45, 7) is 1.63. The molecule has 0 fully saturated rings. The Labute approximate surface area is 95.4 Å². The summed E-state index contributed by atoms with van der Waals surface area (Å²) in [6.07, 6.45) is 0. The Morgan fingerprint density at radius 2 is 2.21 bits per heavy atom. The summed E-state index contributed by atoms with van der Waals surface area (Å²) in [5, 5.41) is 8.65. The van der Waals surface area contributed by atoms with E-state index in [4.69, 9.17) is 11.0 Å². The van der Waals surface area contributed by atoms with Gasteiger partial charge in [-0.25, -0.2) is 4.39 Å². The number of nitrogens with zero attached hydrogens (tertiary/aromatic N) is 1. The summed E-state index contributed by atoms with van der Waals surface area (Å²) in [6, 6.07) is 6.25. The second-order valence-corrected chi connectivity index (χ2v) is 3.94. The highest BCUT2D eigenvalue weighted by atomic mass is 127. The van der Waals surface area contributed by atoms with Crippen molar-refractivity contribution >= 4 is 28.3 Å². The lowest BCUT2D eigenvalue weighted by Crippen LogP contribution is -2.01. The second kappa shape index (κ2) is 4.42. The quantitative estimate of drug-likeness (QED) is 0.640. The SMILES string of the molecule is C/C(C#N)=C(/N)c1ccc(F)cc1I. The van der Waals surface area contributed by atoms with Gasteiger partial charge in [0.25, 0.3) is 0 Å². The van der Waals surface area contributed by atoms with E-state index >= 15 is 0 Å². The van der Waals surface area contributed by atoms with Crippen LogP contribution in [0.15, 0.2) is 23.8 Å². The standard InChI is InChI=1S/C10H8FIN2/c1-6(5-13)10(14)8-3-2-7(11)4-9(8)12/h2-4H,14H2,1H3/b10-6-. The molecular weight excluding hydrogens is 294 g/mol. The average Bonchev–Trinajstić information content (AvgIpc) is 2.15. The lowest BCUT2D eigenvalue weighted by atomic mass is 10.1. The van der Waals surface area contributed by atoms with Crippen LogP contribution in [-0.4, -0.2) is 0 Å². The van der Waals surface area contributed by atoms with Crippen molar-refractivity contribution in [1.29, 1.82) is 5.26 Å². The van der Waals surface area contributed by atoms with E-state index in [1.165, 1.54) is 12.1 Å². The second-order valence-electron chi connectivity index (χ2n) is 2.77. The molecule has 2 N–H and O–H groups in total. The van der Waals surface area contributed by atoms with Gasteiger partial charge in [-0.1, -0.05) is 0 Å². The predicted molar refractivity (Wildman–Crippen MR) is 61.5 cm³/mol. The Morgan fingerprint density at radius 1 is 1.57 bits per heavy atom. The molecular formula is C10H8FIN2. The van der Waals surface area contributed by atoms with Crippen molar-refractivity contribution < 1.29 is 4.39 Å². The minimum Gasteiger partial charge on any atom is -0.397 e. The van der Waals surface area contributed by atoms with E-state index in [2.05, 4.69) is 0 Å². The molecule has 0 bridgehead atoms. The summed E-state index contributed by atoms with van der Waals surface area (Å²) in [5.74, 6) is -0.305. The first-order valence-electron chi connectivity index (χ1n) is 3.88. The minimum absolute atomic E-state index is 0.305. The Hall–Kier alpha value is -1.09. The van der Waals surface area contributed by atoms with Crippen molar-refractivity contribution in [3.63, 3.8) is 0 Å². The number of hydrogen-bond acceptors (Lipinski definition) is 2. The zero-order valence-corrected chi connectivity index (χ0v) is 9.67. The van der Waals surface area contributed by atoms with Gasteiger partial charge in [0.05, 0.1) is 11.8 Å². The lowest BCUT2D eigenvalue weighted by Gasteiger charge is -2.05. The van der Waals surface area contributed by atoms with E-state index in [1.807, 2.05) is 28.7 Å². The highest BCUT2D eigenvalue weighted by Gasteiger charge is 2.06. The molecule has 0 spiro atoms. The Bertz CT molecular complexity index is 432. The third-order valence-corrected chi connectivity index (χ3v) is 2.69. The third kappa shape index (κ3) is 2.23. The molecule has 72 valence electrons. The number of hydrogen-bond donors (Lipinski definition) is 1. The maximum Gasteiger partial charge on any atom is 0.124 e. The summed E-state index contributed by atoms with van der Waals surface area (Å²) in [5.41, 5.74) is 7.27. The molecule has 14 heavy (non-hydrogen) atoms. The third-order valence-electron chi connectivity index (χ3n) is 1.79. The number of nitrogens with two attached hydrogens (primary N) is 1. The number of allylic oxidation sites excluding steroid dienone is 1. The minimum atomic E-state index is -0.305. The van der Waals surface area contributed by atoms with Crippen LogP contribution in [0, 0.1) is 20.7 Å². The van der Waals surface area contributed by atoms with Gasteiger partial charge < -0.3 is 5.73 Å². The average molecular weight is 302 g/mol. The fourth-order valence-electron chi connectivity index (χ4n) is 0.970. The highest BCUT2D eigenvalue weighted by molar-refractivity contribution is 14.1. The maximum absolute atomic E-state index is 12.8. The Kier molecular flexibility index (Phi) is 3.47. The van der Waals surface area contributed by atoms with Crippen LogP contribution in [0.2, 0.25) is 0 Å². The molecule has 0 unspecified atom stereocenters. The number of benzene rings is 1. The topological polar surface area (TPSA) is 49.8 Å². The van der Waals surface area contributed by atoms with E-state index in [0.29, 0.717) is 20.4 Å². The van der Waals surface area contributed by atoms with Crippen LogP contribution in [0.1, 0.15) is 12.5 Å².